The molecule has 0 aliphatic rings. The Bertz CT molecular complexity index is 800. The van der Waals surface area contributed by atoms with E-state index in [1.807, 2.05) is 18.2 Å². The van der Waals surface area contributed by atoms with Gasteiger partial charge in [-0.25, -0.2) is 0 Å². The molecule has 0 saturated heterocycles. The Balaban J connectivity index is 2.28. The average Bonchev–Trinajstić information content (AvgIpc) is 3.03. The molecule has 98 valence electrons. The quantitative estimate of drug-likeness (QED) is 0.715. The van der Waals surface area contributed by atoms with Crippen molar-refractivity contribution in [3.8, 4) is 27.6 Å². The lowest BCUT2D eigenvalue weighted by atomic mass is 10.0. The van der Waals surface area contributed by atoms with E-state index in [4.69, 9.17) is 5.73 Å². The van der Waals surface area contributed by atoms with Crippen LogP contribution in [0.2, 0.25) is 0 Å². The van der Waals surface area contributed by atoms with Gasteiger partial charge in [-0.2, -0.15) is 5.26 Å². The van der Waals surface area contributed by atoms with Crippen molar-refractivity contribution < 1.29 is 0 Å². The Labute approximate surface area is 132 Å². The Morgan fingerprint density at radius 2 is 2.20 bits per heavy atom. The minimum absolute atomic E-state index is 0.530. The summed E-state index contributed by atoms with van der Waals surface area (Å²) < 4.78 is 1.05. The average molecular weight is 362 g/mol. The summed E-state index contributed by atoms with van der Waals surface area (Å²) in [7, 11) is 0. The molecule has 3 aromatic rings. The zero-order valence-corrected chi connectivity index (χ0v) is 13.3. The van der Waals surface area contributed by atoms with Crippen LogP contribution in [0.5, 0.6) is 0 Å². The number of hydrogen-bond donors (Lipinski definition) is 1. The van der Waals surface area contributed by atoms with Gasteiger partial charge < -0.3 is 5.73 Å². The van der Waals surface area contributed by atoms with E-state index in [1.54, 1.807) is 23.7 Å². The standard InChI is InChI=1S/C14H8BrN3S2/c15-11-4-9(7-19-11)14-12(8-2-1-3-18-6-8)13(17)10(5-16)20-14/h1-4,6-7H,17H2. The molecule has 3 aromatic heterocycles. The zero-order valence-electron chi connectivity index (χ0n) is 10.1. The Morgan fingerprint density at radius 3 is 2.80 bits per heavy atom. The molecule has 0 saturated carbocycles. The summed E-state index contributed by atoms with van der Waals surface area (Å²) in [5.74, 6) is 0. The Hall–Kier alpha value is -1.68. The number of pyridine rings is 1. The van der Waals surface area contributed by atoms with Crippen LogP contribution in [0.15, 0.2) is 39.8 Å². The highest BCUT2D eigenvalue weighted by Crippen LogP contribution is 2.46. The number of halogens is 1. The van der Waals surface area contributed by atoms with Crippen molar-refractivity contribution in [1.82, 2.24) is 4.98 Å². The third-order valence-corrected chi connectivity index (χ3v) is 5.49. The predicted octanol–water partition coefficient (Wildman–Crippen LogP) is 4.75. The summed E-state index contributed by atoms with van der Waals surface area (Å²) in [6, 6.07) is 8.03. The first-order chi connectivity index (χ1) is 9.70. The van der Waals surface area contributed by atoms with Crippen molar-refractivity contribution in [2.75, 3.05) is 5.73 Å². The number of thiophene rings is 2. The highest BCUT2D eigenvalue weighted by molar-refractivity contribution is 9.11. The van der Waals surface area contributed by atoms with Gasteiger partial charge in [-0.15, -0.1) is 22.7 Å². The van der Waals surface area contributed by atoms with E-state index < -0.39 is 0 Å². The molecule has 0 atom stereocenters. The number of anilines is 1. The molecular formula is C14H8BrN3S2. The third-order valence-electron chi connectivity index (χ3n) is 2.83. The minimum Gasteiger partial charge on any atom is -0.396 e. The molecule has 3 heterocycles. The third kappa shape index (κ3) is 2.24. The first-order valence-electron chi connectivity index (χ1n) is 5.68. The first kappa shape index (κ1) is 13.3. The lowest BCUT2D eigenvalue weighted by molar-refractivity contribution is 1.33. The van der Waals surface area contributed by atoms with Crippen molar-refractivity contribution in [1.29, 1.82) is 5.26 Å². The molecule has 0 aliphatic carbocycles. The SMILES string of the molecule is N#Cc1sc(-c2csc(Br)c2)c(-c2cccnc2)c1N. The van der Waals surface area contributed by atoms with E-state index in [-0.39, 0.29) is 0 Å². The first-order valence-corrected chi connectivity index (χ1v) is 8.16. The van der Waals surface area contributed by atoms with Gasteiger partial charge in [0, 0.05) is 39.3 Å². The number of nitrogens with zero attached hydrogens (tertiary/aromatic N) is 2. The fraction of sp³-hybridized carbons (Fsp3) is 0. The molecule has 0 fully saturated rings. The van der Waals surface area contributed by atoms with Crippen LogP contribution in [0.1, 0.15) is 4.88 Å². The second kappa shape index (κ2) is 5.37. The van der Waals surface area contributed by atoms with Crippen LogP contribution in [0.3, 0.4) is 0 Å². The predicted molar refractivity (Wildman–Crippen MR) is 87.7 cm³/mol. The van der Waals surface area contributed by atoms with Crippen LogP contribution in [0, 0.1) is 11.3 Å². The van der Waals surface area contributed by atoms with Gasteiger partial charge in [-0.05, 0) is 28.1 Å². The van der Waals surface area contributed by atoms with E-state index >= 15 is 0 Å². The van der Waals surface area contributed by atoms with Gasteiger partial charge in [0.15, 0.2) is 0 Å². The largest absolute Gasteiger partial charge is 0.396 e. The molecule has 0 aliphatic heterocycles. The number of nitriles is 1. The lowest BCUT2D eigenvalue weighted by Crippen LogP contribution is -1.89. The van der Waals surface area contributed by atoms with Gasteiger partial charge in [-0.1, -0.05) is 6.07 Å². The maximum absolute atomic E-state index is 9.21. The smallest absolute Gasteiger partial charge is 0.129 e. The van der Waals surface area contributed by atoms with Gasteiger partial charge in [0.1, 0.15) is 10.9 Å². The molecule has 6 heteroatoms. The molecule has 3 nitrogen and oxygen atoms in total. The van der Waals surface area contributed by atoms with Crippen LogP contribution >= 0.6 is 38.6 Å². The fourth-order valence-corrected chi connectivity index (χ4v) is 4.21. The van der Waals surface area contributed by atoms with Crippen molar-refractivity contribution in [2.24, 2.45) is 0 Å². The van der Waals surface area contributed by atoms with Crippen molar-refractivity contribution in [2.45, 2.75) is 0 Å². The van der Waals surface area contributed by atoms with Crippen LogP contribution in [0.25, 0.3) is 21.6 Å². The highest BCUT2D eigenvalue weighted by atomic mass is 79.9. The van der Waals surface area contributed by atoms with Gasteiger partial charge in [0.25, 0.3) is 0 Å². The van der Waals surface area contributed by atoms with Crippen molar-refractivity contribution in [3.05, 3.63) is 44.6 Å². The van der Waals surface area contributed by atoms with Crippen molar-refractivity contribution >= 4 is 44.3 Å². The normalized spacial score (nSPS) is 10.4. The van der Waals surface area contributed by atoms with Gasteiger partial charge >= 0.3 is 0 Å². The van der Waals surface area contributed by atoms with Gasteiger partial charge in [0.2, 0.25) is 0 Å². The van der Waals surface area contributed by atoms with Crippen LogP contribution < -0.4 is 5.73 Å². The summed E-state index contributed by atoms with van der Waals surface area (Å²) in [5.41, 5.74) is 9.57. The van der Waals surface area contributed by atoms with Gasteiger partial charge in [-0.3, -0.25) is 4.98 Å². The molecule has 0 bridgehead atoms. The number of hydrogen-bond acceptors (Lipinski definition) is 5. The molecule has 20 heavy (non-hydrogen) atoms. The second-order valence-corrected chi connectivity index (χ2v) is 7.35. The summed E-state index contributed by atoms with van der Waals surface area (Å²) in [4.78, 5) is 5.69. The number of nitrogens with two attached hydrogens (primary N) is 1. The molecule has 0 amide bonds. The highest BCUT2D eigenvalue weighted by Gasteiger charge is 2.19. The molecule has 0 radical (unpaired) electrons. The van der Waals surface area contributed by atoms with E-state index in [2.05, 4.69) is 32.4 Å². The zero-order chi connectivity index (χ0) is 14.1. The molecular weight excluding hydrogens is 354 g/mol. The molecule has 0 aromatic carbocycles. The lowest BCUT2D eigenvalue weighted by Gasteiger charge is -2.03. The molecule has 0 unspecified atom stereocenters. The summed E-state index contributed by atoms with van der Waals surface area (Å²) >= 11 is 6.50. The Morgan fingerprint density at radius 1 is 1.35 bits per heavy atom. The van der Waals surface area contributed by atoms with E-state index in [0.29, 0.717) is 10.6 Å². The van der Waals surface area contributed by atoms with Crippen molar-refractivity contribution in [3.63, 3.8) is 0 Å². The summed E-state index contributed by atoms with van der Waals surface area (Å²) in [6.45, 7) is 0. The molecule has 3 rings (SSSR count). The van der Waals surface area contributed by atoms with Crippen LogP contribution in [-0.4, -0.2) is 4.98 Å². The van der Waals surface area contributed by atoms with E-state index in [0.717, 1.165) is 25.4 Å². The topological polar surface area (TPSA) is 62.7 Å². The van der Waals surface area contributed by atoms with Crippen LogP contribution in [-0.2, 0) is 0 Å². The monoisotopic (exact) mass is 361 g/mol. The van der Waals surface area contributed by atoms with E-state index in [9.17, 15) is 5.26 Å². The Kier molecular flexibility index (Phi) is 3.57. The second-order valence-electron chi connectivity index (χ2n) is 4.04. The minimum atomic E-state index is 0.530. The molecule has 2 N–H and O–H groups in total. The number of rotatable bonds is 2. The molecule has 0 spiro atoms. The van der Waals surface area contributed by atoms with E-state index in [1.165, 1.54) is 11.3 Å². The summed E-state index contributed by atoms with van der Waals surface area (Å²) in [6.07, 6.45) is 3.49. The fourth-order valence-electron chi connectivity index (χ4n) is 1.96. The van der Waals surface area contributed by atoms with Gasteiger partial charge in [0.05, 0.1) is 9.47 Å². The number of nitrogen functional groups attached to an aromatic ring is 1. The summed E-state index contributed by atoms with van der Waals surface area (Å²) in [5, 5.41) is 11.3. The maximum atomic E-state index is 9.21. The maximum Gasteiger partial charge on any atom is 0.129 e. The number of aromatic nitrogens is 1. The van der Waals surface area contributed by atoms with Crippen LogP contribution in [0.4, 0.5) is 5.69 Å².